The average molecular weight is 556 g/mol. The van der Waals surface area contributed by atoms with Gasteiger partial charge in [-0.1, -0.05) is 18.6 Å². The molecule has 3 aliphatic rings. The summed E-state index contributed by atoms with van der Waals surface area (Å²) in [6, 6.07) is 13.5. The van der Waals surface area contributed by atoms with Crippen LogP contribution in [-0.2, 0) is 0 Å². The lowest BCUT2D eigenvalue weighted by Crippen LogP contribution is -2.48. The number of nitrogens with zero attached hydrogens (tertiary/aromatic N) is 6. The number of para-hydroxylation sites is 1. The quantitative estimate of drug-likeness (QED) is 0.485. The maximum Gasteiger partial charge on any atom is 0.260 e. The molecule has 0 saturated carbocycles. The van der Waals surface area contributed by atoms with E-state index < -0.39 is 0 Å². The number of carbonyl (C=O) groups is 2. The second-order valence-electron chi connectivity index (χ2n) is 11.0. The van der Waals surface area contributed by atoms with E-state index in [4.69, 9.17) is 9.72 Å². The Balaban J connectivity index is 1.18. The molecule has 0 atom stereocenters. The van der Waals surface area contributed by atoms with Crippen LogP contribution in [0, 0.1) is 0 Å². The summed E-state index contributed by atoms with van der Waals surface area (Å²) in [5.74, 6) is 1.40. The normalized spacial score (nSPS) is 18.0. The van der Waals surface area contributed by atoms with Crippen molar-refractivity contribution in [1.29, 1.82) is 0 Å². The molecular weight excluding hydrogens is 518 g/mol. The zero-order valence-electron chi connectivity index (χ0n) is 24.0. The van der Waals surface area contributed by atoms with Gasteiger partial charge in [0.1, 0.15) is 11.4 Å². The van der Waals surface area contributed by atoms with Crippen LogP contribution in [0.2, 0.25) is 0 Å². The number of likely N-dealkylation sites (tertiary alicyclic amines) is 2. The largest absolute Gasteiger partial charge is 0.495 e. The van der Waals surface area contributed by atoms with Crippen LogP contribution in [-0.4, -0.2) is 85.0 Å². The Bertz CT molecular complexity index is 1450. The third-order valence-corrected chi connectivity index (χ3v) is 8.58. The number of hydrogen-bond acceptors (Lipinski definition) is 8. The van der Waals surface area contributed by atoms with E-state index in [1.54, 1.807) is 31.3 Å². The molecule has 0 unspecified atom stereocenters. The molecule has 2 amide bonds. The number of hydrogen-bond donors (Lipinski definition) is 1. The van der Waals surface area contributed by atoms with Gasteiger partial charge in [0.25, 0.3) is 11.8 Å². The molecule has 0 radical (unpaired) electrons. The van der Waals surface area contributed by atoms with E-state index in [9.17, 15) is 9.59 Å². The maximum atomic E-state index is 13.4. The molecule has 6 rings (SSSR count). The van der Waals surface area contributed by atoms with Crippen LogP contribution in [0.4, 0.5) is 28.8 Å². The Morgan fingerprint density at radius 2 is 1.71 bits per heavy atom. The summed E-state index contributed by atoms with van der Waals surface area (Å²) in [5, 5.41) is 3.24. The second kappa shape index (κ2) is 11.4. The zero-order valence-corrected chi connectivity index (χ0v) is 24.0. The third kappa shape index (κ3) is 5.19. The molecule has 41 heavy (non-hydrogen) atoms. The lowest BCUT2D eigenvalue weighted by atomic mass is 9.99. The minimum atomic E-state index is -0.117. The minimum Gasteiger partial charge on any atom is -0.495 e. The Morgan fingerprint density at radius 3 is 2.46 bits per heavy atom. The molecule has 2 saturated heterocycles. The molecule has 0 bridgehead atoms. The number of amides is 2. The molecule has 2 fully saturated rings. The van der Waals surface area contributed by atoms with E-state index in [1.165, 1.54) is 32.4 Å². The van der Waals surface area contributed by atoms with Gasteiger partial charge >= 0.3 is 0 Å². The van der Waals surface area contributed by atoms with Crippen molar-refractivity contribution in [2.45, 2.75) is 38.1 Å². The van der Waals surface area contributed by atoms with Gasteiger partial charge in [-0.25, -0.2) is 4.98 Å². The number of anilines is 5. The first kappa shape index (κ1) is 27.0. The van der Waals surface area contributed by atoms with E-state index in [-0.39, 0.29) is 11.8 Å². The predicted octanol–water partition coefficient (Wildman–Crippen LogP) is 4.68. The van der Waals surface area contributed by atoms with E-state index in [1.807, 2.05) is 53.2 Å². The molecule has 4 heterocycles. The van der Waals surface area contributed by atoms with Gasteiger partial charge < -0.3 is 29.7 Å². The molecule has 3 aliphatic heterocycles. The highest BCUT2D eigenvalue weighted by Crippen LogP contribution is 2.38. The van der Waals surface area contributed by atoms with E-state index in [0.717, 1.165) is 31.6 Å². The molecule has 10 nitrogen and oxygen atoms in total. The van der Waals surface area contributed by atoms with Crippen molar-refractivity contribution in [3.05, 3.63) is 59.8 Å². The molecule has 214 valence electrons. The Labute approximate surface area is 240 Å². The molecular formula is C31H37N7O3. The van der Waals surface area contributed by atoms with Crippen LogP contribution >= 0.6 is 0 Å². The minimum absolute atomic E-state index is 0.0289. The van der Waals surface area contributed by atoms with Gasteiger partial charge in [-0.05, 0) is 69.1 Å². The van der Waals surface area contributed by atoms with Crippen molar-refractivity contribution in [3.63, 3.8) is 0 Å². The van der Waals surface area contributed by atoms with Crippen LogP contribution in [0.1, 0.15) is 52.8 Å². The smallest absolute Gasteiger partial charge is 0.260 e. The highest BCUT2D eigenvalue weighted by Gasteiger charge is 2.30. The summed E-state index contributed by atoms with van der Waals surface area (Å²) < 4.78 is 5.66. The van der Waals surface area contributed by atoms with Gasteiger partial charge in [-0.15, -0.1) is 0 Å². The number of benzene rings is 2. The number of piperidine rings is 2. The second-order valence-corrected chi connectivity index (χ2v) is 11.0. The summed E-state index contributed by atoms with van der Waals surface area (Å²) in [5.41, 5.74) is 3.23. The van der Waals surface area contributed by atoms with Crippen LogP contribution in [0.3, 0.4) is 0 Å². The maximum absolute atomic E-state index is 13.4. The van der Waals surface area contributed by atoms with Crippen LogP contribution in [0.15, 0.2) is 48.7 Å². The van der Waals surface area contributed by atoms with Crippen molar-refractivity contribution in [2.75, 3.05) is 62.5 Å². The third-order valence-electron chi connectivity index (χ3n) is 8.58. The van der Waals surface area contributed by atoms with E-state index >= 15 is 0 Å². The number of nitrogens with one attached hydrogen (secondary N) is 1. The summed E-state index contributed by atoms with van der Waals surface area (Å²) in [6.07, 6.45) is 7.61. The van der Waals surface area contributed by atoms with Gasteiger partial charge in [0.15, 0.2) is 5.82 Å². The van der Waals surface area contributed by atoms with Gasteiger partial charge in [-0.2, -0.15) is 4.98 Å². The van der Waals surface area contributed by atoms with Crippen molar-refractivity contribution >= 4 is 40.6 Å². The Kier molecular flexibility index (Phi) is 7.49. The first-order chi connectivity index (χ1) is 19.9. The number of methoxy groups -OCH3 is 1. The summed E-state index contributed by atoms with van der Waals surface area (Å²) in [7, 11) is 5.20. The highest BCUT2D eigenvalue weighted by atomic mass is 16.5. The van der Waals surface area contributed by atoms with E-state index in [2.05, 4.69) is 15.2 Å². The number of rotatable bonds is 5. The van der Waals surface area contributed by atoms with Crippen molar-refractivity contribution < 1.29 is 14.3 Å². The number of carbonyl (C=O) groups excluding carboxylic acids is 2. The lowest BCUT2D eigenvalue weighted by Gasteiger charge is -2.40. The van der Waals surface area contributed by atoms with Gasteiger partial charge in [0.05, 0.1) is 30.2 Å². The van der Waals surface area contributed by atoms with Crippen LogP contribution < -0.4 is 19.9 Å². The van der Waals surface area contributed by atoms with Crippen molar-refractivity contribution in [1.82, 2.24) is 19.8 Å². The molecule has 3 aromatic rings. The molecule has 0 aliphatic carbocycles. The predicted molar refractivity (Wildman–Crippen MR) is 160 cm³/mol. The van der Waals surface area contributed by atoms with Gasteiger partial charge in [0, 0.05) is 38.8 Å². The summed E-state index contributed by atoms with van der Waals surface area (Å²) in [6.45, 7) is 3.94. The zero-order chi connectivity index (χ0) is 28.5. The molecule has 2 aromatic carbocycles. The first-order valence-electron chi connectivity index (χ1n) is 14.4. The fourth-order valence-corrected chi connectivity index (χ4v) is 6.21. The Morgan fingerprint density at radius 1 is 0.951 bits per heavy atom. The highest BCUT2D eigenvalue weighted by molar-refractivity contribution is 6.13. The summed E-state index contributed by atoms with van der Waals surface area (Å²) in [4.78, 5) is 43.7. The molecule has 1 N–H and O–H groups in total. The van der Waals surface area contributed by atoms with Gasteiger partial charge in [0.2, 0.25) is 5.95 Å². The molecule has 0 spiro atoms. The SMILES string of the molecule is COc1cc(C(=O)N2CCC(N3CCCCC3)CC2)ccc1Nc1ncc2c(n1)N(C)c1ccccc1C(=O)N2C. The van der Waals surface area contributed by atoms with E-state index in [0.29, 0.717) is 46.1 Å². The summed E-state index contributed by atoms with van der Waals surface area (Å²) >= 11 is 0. The average Bonchev–Trinajstić information content (AvgIpc) is 3.11. The van der Waals surface area contributed by atoms with Crippen molar-refractivity contribution in [3.8, 4) is 5.75 Å². The van der Waals surface area contributed by atoms with Crippen molar-refractivity contribution in [2.24, 2.45) is 0 Å². The monoisotopic (exact) mass is 555 g/mol. The number of ether oxygens (including phenoxy) is 1. The number of fused-ring (bicyclic) bond motifs is 2. The molecule has 1 aromatic heterocycles. The van der Waals surface area contributed by atoms with Crippen LogP contribution in [0.5, 0.6) is 5.75 Å². The lowest BCUT2D eigenvalue weighted by molar-refractivity contribution is 0.0589. The first-order valence-corrected chi connectivity index (χ1v) is 14.4. The topological polar surface area (TPSA) is 94.1 Å². The van der Waals surface area contributed by atoms with Gasteiger partial charge in [-0.3, -0.25) is 9.59 Å². The fourth-order valence-electron chi connectivity index (χ4n) is 6.21. The van der Waals surface area contributed by atoms with Crippen LogP contribution in [0.25, 0.3) is 0 Å². The standard InChI is InChI=1S/C31H37N7O3/c1-35-25-10-6-5-9-23(25)30(40)36(2)26-20-32-31(34-28(26)35)33-24-12-11-21(19-27(24)41-3)29(39)38-17-13-22(14-18-38)37-15-7-4-8-16-37/h5-6,9-12,19-20,22H,4,7-8,13-18H2,1-3H3,(H,32,33,34). The number of aromatic nitrogens is 2. The fraction of sp³-hybridized carbons (Fsp3) is 0.419. The molecule has 10 heteroatoms. The Hall–Kier alpha value is -4.18.